The molecule has 7 nitrogen and oxygen atoms in total. The highest BCUT2D eigenvalue weighted by Gasteiger charge is 2.33. The molecule has 2 aromatic carbocycles. The fourth-order valence-electron chi connectivity index (χ4n) is 3.81. The number of amides is 1. The van der Waals surface area contributed by atoms with Crippen LogP contribution in [0.1, 0.15) is 5.56 Å². The third kappa shape index (κ3) is 3.95. The summed E-state index contributed by atoms with van der Waals surface area (Å²) in [5, 5.41) is 2.24. The van der Waals surface area contributed by atoms with Crippen molar-refractivity contribution in [2.45, 2.75) is 12.7 Å². The zero-order valence-corrected chi connectivity index (χ0v) is 17.7. The smallest absolute Gasteiger partial charge is 0.344 e. The fourth-order valence-corrected chi connectivity index (χ4v) is 3.81. The Bertz CT molecular complexity index is 1480. The maximum atomic E-state index is 13.3. The number of alkyl halides is 3. The summed E-state index contributed by atoms with van der Waals surface area (Å²) in [4.78, 5) is 38.5. The van der Waals surface area contributed by atoms with Crippen LogP contribution in [0.25, 0.3) is 22.2 Å². The summed E-state index contributed by atoms with van der Waals surface area (Å²) in [6, 6.07) is 13.6. The van der Waals surface area contributed by atoms with Crippen LogP contribution in [0, 0.1) is 0 Å². The monoisotopic (exact) mass is 456 g/mol. The summed E-state index contributed by atoms with van der Waals surface area (Å²) in [5.41, 5.74) is -1.02. The quantitative estimate of drug-likeness (QED) is 0.512. The number of hydrogen-bond donors (Lipinski definition) is 1. The fraction of sp³-hybridized carbons (Fsp3) is 0.174. The van der Waals surface area contributed by atoms with Crippen LogP contribution in [0.15, 0.2) is 70.4 Å². The summed E-state index contributed by atoms with van der Waals surface area (Å²) in [5.74, 6) is -0.836. The SMILES string of the molecule is Cn1c(=O)c2c(c(-c3ccccc3)cn2C)n(CC(=O)Nc2ccccc2C(F)(F)F)c1=O. The molecule has 0 radical (unpaired) electrons. The van der Waals surface area contributed by atoms with Gasteiger partial charge in [0.1, 0.15) is 12.1 Å². The first-order valence-corrected chi connectivity index (χ1v) is 9.90. The van der Waals surface area contributed by atoms with Crippen molar-refractivity contribution in [3.63, 3.8) is 0 Å². The molecular weight excluding hydrogens is 437 g/mol. The van der Waals surface area contributed by atoms with Crippen LogP contribution in [0.2, 0.25) is 0 Å². The Morgan fingerprint density at radius 3 is 2.24 bits per heavy atom. The third-order valence-electron chi connectivity index (χ3n) is 5.34. The van der Waals surface area contributed by atoms with Gasteiger partial charge in [-0.1, -0.05) is 42.5 Å². The van der Waals surface area contributed by atoms with E-state index in [1.165, 1.54) is 19.2 Å². The zero-order valence-electron chi connectivity index (χ0n) is 17.7. The Balaban J connectivity index is 1.85. The number of rotatable bonds is 4. The first-order chi connectivity index (χ1) is 15.6. The van der Waals surface area contributed by atoms with Crippen LogP contribution in [0.5, 0.6) is 0 Å². The van der Waals surface area contributed by atoms with Gasteiger partial charge in [-0.2, -0.15) is 13.2 Å². The molecule has 4 aromatic rings. The second kappa shape index (κ2) is 8.12. The Kier molecular flexibility index (Phi) is 5.44. The molecule has 0 unspecified atom stereocenters. The van der Waals surface area contributed by atoms with E-state index in [1.807, 2.05) is 6.07 Å². The Morgan fingerprint density at radius 2 is 1.58 bits per heavy atom. The molecule has 0 saturated heterocycles. The van der Waals surface area contributed by atoms with Crippen molar-refractivity contribution in [1.82, 2.24) is 13.7 Å². The lowest BCUT2D eigenvalue weighted by Crippen LogP contribution is -2.40. The minimum Gasteiger partial charge on any atom is -0.344 e. The number of anilines is 1. The lowest BCUT2D eigenvalue weighted by atomic mass is 10.1. The van der Waals surface area contributed by atoms with Gasteiger partial charge in [0.15, 0.2) is 0 Å². The van der Waals surface area contributed by atoms with E-state index in [1.54, 1.807) is 42.1 Å². The van der Waals surface area contributed by atoms with Crippen molar-refractivity contribution in [1.29, 1.82) is 0 Å². The van der Waals surface area contributed by atoms with Gasteiger partial charge in [0, 0.05) is 25.9 Å². The number of nitrogens with one attached hydrogen (secondary N) is 1. The number of fused-ring (bicyclic) bond motifs is 1. The minimum atomic E-state index is -4.66. The maximum Gasteiger partial charge on any atom is 0.418 e. The average molecular weight is 456 g/mol. The molecule has 0 fully saturated rings. The van der Waals surface area contributed by atoms with Gasteiger partial charge >= 0.3 is 11.9 Å². The number of benzene rings is 2. The Labute approximate surface area is 185 Å². The van der Waals surface area contributed by atoms with Crippen LogP contribution < -0.4 is 16.6 Å². The first kappa shape index (κ1) is 22.1. The highest BCUT2D eigenvalue weighted by molar-refractivity contribution is 5.96. The van der Waals surface area contributed by atoms with Gasteiger partial charge in [-0.15, -0.1) is 0 Å². The van der Waals surface area contributed by atoms with E-state index in [0.717, 1.165) is 21.3 Å². The van der Waals surface area contributed by atoms with E-state index in [0.29, 0.717) is 11.1 Å². The van der Waals surface area contributed by atoms with Crippen LogP contribution in [0.3, 0.4) is 0 Å². The number of para-hydroxylation sites is 1. The summed E-state index contributed by atoms with van der Waals surface area (Å²) >= 11 is 0. The first-order valence-electron chi connectivity index (χ1n) is 9.90. The number of carbonyl (C=O) groups excluding carboxylic acids is 1. The van der Waals surface area contributed by atoms with Crippen LogP contribution in [-0.4, -0.2) is 19.6 Å². The predicted molar refractivity (Wildman–Crippen MR) is 118 cm³/mol. The predicted octanol–water partition coefficient (Wildman–Crippen LogP) is 3.36. The van der Waals surface area contributed by atoms with E-state index < -0.39 is 41.1 Å². The topological polar surface area (TPSA) is 78.0 Å². The molecule has 1 amide bonds. The normalized spacial score (nSPS) is 11.7. The summed E-state index contributed by atoms with van der Waals surface area (Å²) in [7, 11) is 2.93. The minimum absolute atomic E-state index is 0.194. The number of carbonyl (C=O) groups is 1. The van der Waals surface area contributed by atoms with E-state index in [2.05, 4.69) is 5.32 Å². The highest BCUT2D eigenvalue weighted by Crippen LogP contribution is 2.34. The van der Waals surface area contributed by atoms with Gasteiger partial charge in [-0.3, -0.25) is 18.7 Å². The van der Waals surface area contributed by atoms with Crippen LogP contribution in [0.4, 0.5) is 18.9 Å². The van der Waals surface area contributed by atoms with E-state index in [4.69, 9.17) is 0 Å². The highest BCUT2D eigenvalue weighted by atomic mass is 19.4. The van der Waals surface area contributed by atoms with Crippen molar-refractivity contribution in [3.05, 3.63) is 87.2 Å². The van der Waals surface area contributed by atoms with E-state index >= 15 is 0 Å². The maximum absolute atomic E-state index is 13.3. The third-order valence-corrected chi connectivity index (χ3v) is 5.34. The molecule has 1 N–H and O–H groups in total. The average Bonchev–Trinajstić information content (AvgIpc) is 3.12. The Hall–Kier alpha value is -4.08. The molecule has 0 aliphatic rings. The van der Waals surface area contributed by atoms with Gasteiger partial charge in [0.25, 0.3) is 5.56 Å². The zero-order chi connectivity index (χ0) is 23.9. The van der Waals surface area contributed by atoms with Gasteiger partial charge in [0.05, 0.1) is 16.8 Å². The standard InChI is InChI=1S/C23H19F3N4O3/c1-28-12-15(14-8-4-3-5-9-14)19-20(28)21(32)29(2)22(33)30(19)13-18(31)27-17-11-7-6-10-16(17)23(24,25)26/h3-12H,13H2,1-2H3,(H,27,31). The van der Waals surface area contributed by atoms with Crippen molar-refractivity contribution in [3.8, 4) is 11.1 Å². The lowest BCUT2D eigenvalue weighted by Gasteiger charge is -2.15. The molecular formula is C23H19F3N4O3. The number of nitrogens with zero attached hydrogens (tertiary/aromatic N) is 3. The van der Waals surface area contributed by atoms with Gasteiger partial charge in [0.2, 0.25) is 5.91 Å². The van der Waals surface area contributed by atoms with Crippen molar-refractivity contribution in [2.75, 3.05) is 5.32 Å². The molecule has 2 heterocycles. The number of hydrogen-bond acceptors (Lipinski definition) is 3. The second-order valence-corrected chi connectivity index (χ2v) is 7.54. The van der Waals surface area contributed by atoms with Crippen LogP contribution >= 0.6 is 0 Å². The van der Waals surface area contributed by atoms with E-state index in [-0.39, 0.29) is 11.0 Å². The Morgan fingerprint density at radius 1 is 0.939 bits per heavy atom. The molecule has 170 valence electrons. The van der Waals surface area contributed by atoms with Gasteiger partial charge < -0.3 is 9.88 Å². The van der Waals surface area contributed by atoms with Gasteiger partial charge in [-0.25, -0.2) is 4.79 Å². The lowest BCUT2D eigenvalue weighted by molar-refractivity contribution is -0.137. The van der Waals surface area contributed by atoms with Crippen molar-refractivity contribution >= 4 is 22.6 Å². The van der Waals surface area contributed by atoms with E-state index in [9.17, 15) is 27.6 Å². The molecule has 4 rings (SSSR count). The number of aryl methyl sites for hydroxylation is 1. The molecule has 0 atom stereocenters. The molecule has 0 aliphatic carbocycles. The molecule has 0 bridgehead atoms. The molecule has 10 heteroatoms. The summed E-state index contributed by atoms with van der Waals surface area (Å²) in [6.07, 6.45) is -2.99. The number of aromatic nitrogens is 3. The summed E-state index contributed by atoms with van der Waals surface area (Å²) in [6.45, 7) is -0.584. The van der Waals surface area contributed by atoms with Crippen molar-refractivity contribution in [2.24, 2.45) is 14.1 Å². The largest absolute Gasteiger partial charge is 0.418 e. The molecule has 0 saturated carbocycles. The number of halogens is 3. The molecule has 0 spiro atoms. The molecule has 33 heavy (non-hydrogen) atoms. The molecule has 2 aromatic heterocycles. The second-order valence-electron chi connectivity index (χ2n) is 7.54. The van der Waals surface area contributed by atoms with Crippen LogP contribution in [-0.2, 0) is 31.6 Å². The van der Waals surface area contributed by atoms with Gasteiger partial charge in [-0.05, 0) is 17.7 Å². The van der Waals surface area contributed by atoms with Crippen molar-refractivity contribution < 1.29 is 18.0 Å². The molecule has 0 aliphatic heterocycles. The summed E-state index contributed by atoms with van der Waals surface area (Å²) < 4.78 is 43.4.